The van der Waals surface area contributed by atoms with Gasteiger partial charge in [0.1, 0.15) is 0 Å². The van der Waals surface area contributed by atoms with Crippen molar-refractivity contribution in [1.29, 1.82) is 0 Å². The van der Waals surface area contributed by atoms with Crippen molar-refractivity contribution < 1.29 is 0 Å². The smallest absolute Gasteiger partial charge is 0.0219 e. The Balaban J connectivity index is 2.28. The third-order valence-electron chi connectivity index (χ3n) is 3.36. The highest BCUT2D eigenvalue weighted by atomic mass is 14.3. The topological polar surface area (TPSA) is 0 Å². The number of allylic oxidation sites excluding steroid dienone is 4. The molecule has 0 aromatic heterocycles. The fraction of sp³-hybridized carbons (Fsp3) is 0.692. The van der Waals surface area contributed by atoms with E-state index < -0.39 is 0 Å². The minimum Gasteiger partial charge on any atom is -0.0805 e. The molecular formula is C13H20. The minimum absolute atomic E-state index is 0.739. The van der Waals surface area contributed by atoms with Gasteiger partial charge < -0.3 is 0 Å². The Morgan fingerprint density at radius 1 is 1.08 bits per heavy atom. The van der Waals surface area contributed by atoms with E-state index >= 15 is 0 Å². The molecular weight excluding hydrogens is 156 g/mol. The van der Waals surface area contributed by atoms with Crippen LogP contribution in [0.1, 0.15) is 52.4 Å². The van der Waals surface area contributed by atoms with Crippen molar-refractivity contribution in [2.45, 2.75) is 52.4 Å². The SMILES string of the molecule is CC(C)C1=CCCC2=C1CCCC2. The van der Waals surface area contributed by atoms with E-state index in [4.69, 9.17) is 0 Å². The van der Waals surface area contributed by atoms with Crippen LogP contribution in [0.4, 0.5) is 0 Å². The largest absolute Gasteiger partial charge is 0.0805 e. The van der Waals surface area contributed by atoms with Gasteiger partial charge in [0.15, 0.2) is 0 Å². The number of hydrogen-bond acceptors (Lipinski definition) is 0. The first-order valence-corrected chi connectivity index (χ1v) is 5.70. The van der Waals surface area contributed by atoms with Gasteiger partial charge in [-0.25, -0.2) is 0 Å². The molecule has 0 aromatic carbocycles. The first-order valence-electron chi connectivity index (χ1n) is 5.70. The Kier molecular flexibility index (Phi) is 2.57. The third kappa shape index (κ3) is 1.72. The van der Waals surface area contributed by atoms with Crippen LogP contribution in [0.15, 0.2) is 22.8 Å². The van der Waals surface area contributed by atoms with Gasteiger partial charge in [0.2, 0.25) is 0 Å². The molecule has 0 heteroatoms. The van der Waals surface area contributed by atoms with Crippen molar-refractivity contribution in [3.63, 3.8) is 0 Å². The van der Waals surface area contributed by atoms with Crippen LogP contribution in [0, 0.1) is 5.92 Å². The summed E-state index contributed by atoms with van der Waals surface area (Å²) in [5, 5.41) is 0. The fourth-order valence-corrected chi connectivity index (χ4v) is 2.70. The van der Waals surface area contributed by atoms with E-state index in [-0.39, 0.29) is 0 Å². The summed E-state index contributed by atoms with van der Waals surface area (Å²) in [7, 11) is 0. The Labute approximate surface area is 81.7 Å². The van der Waals surface area contributed by atoms with Crippen molar-refractivity contribution >= 4 is 0 Å². The van der Waals surface area contributed by atoms with Gasteiger partial charge in [-0.2, -0.15) is 0 Å². The zero-order chi connectivity index (χ0) is 9.26. The van der Waals surface area contributed by atoms with Crippen LogP contribution < -0.4 is 0 Å². The molecule has 2 aliphatic carbocycles. The summed E-state index contributed by atoms with van der Waals surface area (Å²) in [5.74, 6) is 0.739. The Morgan fingerprint density at radius 2 is 1.85 bits per heavy atom. The molecule has 0 bridgehead atoms. The van der Waals surface area contributed by atoms with Gasteiger partial charge in [-0.1, -0.05) is 25.5 Å². The van der Waals surface area contributed by atoms with Gasteiger partial charge in [-0.05, 0) is 55.6 Å². The lowest BCUT2D eigenvalue weighted by Crippen LogP contribution is -2.10. The zero-order valence-corrected chi connectivity index (χ0v) is 8.90. The van der Waals surface area contributed by atoms with Crippen molar-refractivity contribution in [3.05, 3.63) is 22.8 Å². The van der Waals surface area contributed by atoms with E-state index in [1.165, 1.54) is 38.5 Å². The lowest BCUT2D eigenvalue weighted by Gasteiger charge is -2.28. The molecule has 0 N–H and O–H groups in total. The second-order valence-electron chi connectivity index (χ2n) is 4.64. The summed E-state index contributed by atoms with van der Waals surface area (Å²) < 4.78 is 0. The van der Waals surface area contributed by atoms with E-state index in [9.17, 15) is 0 Å². The standard InChI is InChI=1S/C13H20/c1-10(2)12-9-5-7-11-6-3-4-8-13(11)12/h9-10H,3-8H2,1-2H3. The normalized spacial score (nSPS) is 23.2. The van der Waals surface area contributed by atoms with Crippen LogP contribution >= 0.6 is 0 Å². The Bertz CT molecular complexity index is 253. The van der Waals surface area contributed by atoms with Crippen LogP contribution in [0.25, 0.3) is 0 Å². The van der Waals surface area contributed by atoms with Crippen LogP contribution in [-0.2, 0) is 0 Å². The molecule has 2 aliphatic rings. The van der Waals surface area contributed by atoms with Crippen molar-refractivity contribution in [2.75, 3.05) is 0 Å². The number of rotatable bonds is 1. The highest BCUT2D eigenvalue weighted by Gasteiger charge is 2.20. The molecule has 0 radical (unpaired) electrons. The van der Waals surface area contributed by atoms with Crippen LogP contribution in [0.3, 0.4) is 0 Å². The summed E-state index contributed by atoms with van der Waals surface area (Å²) in [5.41, 5.74) is 5.20. The zero-order valence-electron chi connectivity index (χ0n) is 8.90. The minimum atomic E-state index is 0.739. The van der Waals surface area contributed by atoms with E-state index in [0.717, 1.165) is 5.92 Å². The molecule has 0 spiro atoms. The first kappa shape index (κ1) is 9.05. The molecule has 0 aliphatic heterocycles. The molecule has 0 saturated carbocycles. The van der Waals surface area contributed by atoms with Crippen LogP contribution in [-0.4, -0.2) is 0 Å². The lowest BCUT2D eigenvalue weighted by atomic mass is 9.78. The molecule has 0 saturated heterocycles. The Hall–Kier alpha value is -0.520. The molecule has 0 aromatic rings. The van der Waals surface area contributed by atoms with E-state index in [0.29, 0.717) is 0 Å². The van der Waals surface area contributed by atoms with E-state index in [2.05, 4.69) is 19.9 Å². The molecule has 0 atom stereocenters. The molecule has 0 unspecified atom stereocenters. The summed E-state index contributed by atoms with van der Waals surface area (Å²) in [6.07, 6.45) is 10.7. The maximum absolute atomic E-state index is 2.48. The predicted molar refractivity (Wildman–Crippen MR) is 57.6 cm³/mol. The van der Waals surface area contributed by atoms with Gasteiger partial charge in [0.05, 0.1) is 0 Å². The molecule has 0 amide bonds. The molecule has 0 heterocycles. The van der Waals surface area contributed by atoms with E-state index in [1.54, 1.807) is 16.7 Å². The van der Waals surface area contributed by atoms with Crippen molar-refractivity contribution in [2.24, 2.45) is 5.92 Å². The van der Waals surface area contributed by atoms with E-state index in [1.807, 2.05) is 0 Å². The second kappa shape index (κ2) is 3.69. The van der Waals surface area contributed by atoms with Crippen LogP contribution in [0.2, 0.25) is 0 Å². The van der Waals surface area contributed by atoms with Gasteiger partial charge in [0.25, 0.3) is 0 Å². The third-order valence-corrected chi connectivity index (χ3v) is 3.36. The Morgan fingerprint density at radius 3 is 2.62 bits per heavy atom. The van der Waals surface area contributed by atoms with Crippen LogP contribution in [0.5, 0.6) is 0 Å². The monoisotopic (exact) mass is 176 g/mol. The quantitative estimate of drug-likeness (QED) is 0.560. The fourth-order valence-electron chi connectivity index (χ4n) is 2.70. The molecule has 2 rings (SSSR count). The van der Waals surface area contributed by atoms with Gasteiger partial charge in [-0.15, -0.1) is 0 Å². The summed E-state index contributed by atoms with van der Waals surface area (Å²) in [4.78, 5) is 0. The molecule has 0 nitrogen and oxygen atoms in total. The van der Waals surface area contributed by atoms with Gasteiger partial charge in [-0.3, -0.25) is 0 Å². The maximum Gasteiger partial charge on any atom is -0.0219 e. The van der Waals surface area contributed by atoms with Gasteiger partial charge >= 0.3 is 0 Å². The molecule has 13 heavy (non-hydrogen) atoms. The molecule has 72 valence electrons. The average Bonchev–Trinajstić information content (AvgIpc) is 2.17. The van der Waals surface area contributed by atoms with Crippen molar-refractivity contribution in [1.82, 2.24) is 0 Å². The van der Waals surface area contributed by atoms with Gasteiger partial charge in [0, 0.05) is 0 Å². The number of hydrogen-bond donors (Lipinski definition) is 0. The van der Waals surface area contributed by atoms with Crippen molar-refractivity contribution in [3.8, 4) is 0 Å². The highest BCUT2D eigenvalue weighted by Crippen LogP contribution is 2.38. The maximum atomic E-state index is 2.48. The summed E-state index contributed by atoms with van der Waals surface area (Å²) in [6, 6.07) is 0. The summed E-state index contributed by atoms with van der Waals surface area (Å²) in [6.45, 7) is 4.66. The highest BCUT2D eigenvalue weighted by molar-refractivity contribution is 5.40. The molecule has 0 fully saturated rings. The summed E-state index contributed by atoms with van der Waals surface area (Å²) >= 11 is 0. The second-order valence-corrected chi connectivity index (χ2v) is 4.64. The lowest BCUT2D eigenvalue weighted by molar-refractivity contribution is 0.617. The first-order chi connectivity index (χ1) is 6.29. The average molecular weight is 176 g/mol. The predicted octanol–water partition coefficient (Wildman–Crippen LogP) is 4.23.